The standard InChI is InChI=1S/C30H25N3O3/c1-19(11-12-20-7-3-2-4-8-20)32-27(34)18-36-21-13-14-26-25(17-21)23-15-16-31-28-22-9-5-6-10-24(22)30(35)33(26)29(23)28/h2-10,13-17,19H,11-12,18H2,1H3,(H,32,34). The summed E-state index contributed by atoms with van der Waals surface area (Å²) in [6, 6.07) is 25.3. The molecule has 36 heavy (non-hydrogen) atoms. The summed E-state index contributed by atoms with van der Waals surface area (Å²) in [5.74, 6) is 0.421. The Morgan fingerprint density at radius 3 is 2.56 bits per heavy atom. The normalized spacial score (nSPS) is 12.5. The second kappa shape index (κ2) is 8.96. The average molecular weight is 476 g/mol. The number of benzene rings is 3. The molecule has 0 spiro atoms. The molecule has 1 N–H and O–H groups in total. The van der Waals surface area contributed by atoms with E-state index in [2.05, 4.69) is 22.4 Å². The van der Waals surface area contributed by atoms with Gasteiger partial charge in [0.25, 0.3) is 11.5 Å². The number of hydrogen-bond donors (Lipinski definition) is 1. The van der Waals surface area contributed by atoms with Gasteiger partial charge in [-0.25, -0.2) is 0 Å². The Bertz CT molecular complexity index is 1780. The van der Waals surface area contributed by atoms with Crippen LogP contribution in [-0.4, -0.2) is 27.9 Å². The molecule has 0 radical (unpaired) electrons. The third-order valence-corrected chi connectivity index (χ3v) is 6.75. The molecule has 1 amide bonds. The van der Waals surface area contributed by atoms with E-state index in [1.165, 1.54) is 5.56 Å². The quantitative estimate of drug-likeness (QED) is 0.326. The first-order valence-corrected chi connectivity index (χ1v) is 12.1. The van der Waals surface area contributed by atoms with Crippen molar-refractivity contribution in [2.75, 3.05) is 6.61 Å². The van der Waals surface area contributed by atoms with E-state index in [4.69, 9.17) is 4.74 Å². The van der Waals surface area contributed by atoms with Crippen molar-refractivity contribution in [2.24, 2.45) is 0 Å². The molecule has 6 nitrogen and oxygen atoms in total. The van der Waals surface area contributed by atoms with E-state index in [1.807, 2.05) is 67.6 Å². The number of aromatic nitrogens is 2. The third kappa shape index (κ3) is 3.81. The van der Waals surface area contributed by atoms with Gasteiger partial charge in [-0.3, -0.25) is 19.0 Å². The zero-order chi connectivity index (χ0) is 24.6. The number of ether oxygens (including phenoxy) is 1. The van der Waals surface area contributed by atoms with Crippen molar-refractivity contribution in [3.05, 3.63) is 101 Å². The Kier molecular flexibility index (Phi) is 5.49. The molecule has 3 heterocycles. The Balaban J connectivity index is 1.24. The Labute approximate surface area is 207 Å². The maximum atomic E-state index is 13.4. The zero-order valence-corrected chi connectivity index (χ0v) is 19.9. The predicted octanol–water partition coefficient (Wildman–Crippen LogP) is 5.11. The lowest BCUT2D eigenvalue weighted by molar-refractivity contribution is -0.123. The summed E-state index contributed by atoms with van der Waals surface area (Å²) in [7, 11) is 0. The molecule has 0 aliphatic carbocycles. The molecule has 0 saturated carbocycles. The van der Waals surface area contributed by atoms with Crippen molar-refractivity contribution in [3.8, 4) is 5.75 Å². The van der Waals surface area contributed by atoms with Crippen LogP contribution in [0.25, 0.3) is 38.1 Å². The Morgan fingerprint density at radius 1 is 0.944 bits per heavy atom. The highest BCUT2D eigenvalue weighted by Gasteiger charge is 2.18. The summed E-state index contributed by atoms with van der Waals surface area (Å²) in [5.41, 5.74) is 3.59. The minimum Gasteiger partial charge on any atom is -0.484 e. The molecule has 3 aromatic carbocycles. The van der Waals surface area contributed by atoms with Crippen molar-refractivity contribution in [2.45, 2.75) is 25.8 Å². The highest BCUT2D eigenvalue weighted by molar-refractivity contribution is 6.18. The van der Waals surface area contributed by atoms with Gasteiger partial charge < -0.3 is 10.1 Å². The van der Waals surface area contributed by atoms with Crippen LogP contribution in [0.2, 0.25) is 0 Å². The van der Waals surface area contributed by atoms with Crippen molar-refractivity contribution in [1.82, 2.24) is 14.7 Å². The summed E-state index contributed by atoms with van der Waals surface area (Å²) in [5, 5.41) is 6.32. The van der Waals surface area contributed by atoms with Gasteiger partial charge >= 0.3 is 0 Å². The van der Waals surface area contributed by atoms with Gasteiger partial charge in [0.05, 0.1) is 16.6 Å². The fraction of sp³-hybridized carbons (Fsp3) is 0.167. The van der Waals surface area contributed by atoms with E-state index in [9.17, 15) is 9.59 Å². The number of nitrogens with one attached hydrogen (secondary N) is 1. The first-order chi connectivity index (χ1) is 17.6. The highest BCUT2D eigenvalue weighted by atomic mass is 16.5. The molecule has 3 aromatic heterocycles. The Morgan fingerprint density at radius 2 is 1.72 bits per heavy atom. The van der Waals surface area contributed by atoms with Crippen LogP contribution < -0.4 is 15.6 Å². The number of hydrogen-bond acceptors (Lipinski definition) is 4. The third-order valence-electron chi connectivity index (χ3n) is 6.75. The molecule has 0 aliphatic rings. The lowest BCUT2D eigenvalue weighted by atomic mass is 10.1. The number of nitrogens with zero attached hydrogens (tertiary/aromatic N) is 2. The lowest BCUT2D eigenvalue weighted by Gasteiger charge is -2.14. The van der Waals surface area contributed by atoms with Gasteiger partial charge in [0.2, 0.25) is 0 Å². The van der Waals surface area contributed by atoms with Crippen LogP contribution in [0.5, 0.6) is 5.75 Å². The number of amides is 1. The topological polar surface area (TPSA) is 72.7 Å². The van der Waals surface area contributed by atoms with Crippen LogP contribution in [0.15, 0.2) is 89.9 Å². The van der Waals surface area contributed by atoms with Gasteiger partial charge in [-0.1, -0.05) is 48.5 Å². The minimum absolute atomic E-state index is 0.0435. The smallest absolute Gasteiger partial charge is 0.263 e. The SMILES string of the molecule is CC(CCc1ccccc1)NC(=O)COc1ccc2c(c1)c1ccnc3c4ccccc4c(=O)n2c13. The number of carbonyl (C=O) groups excluding carboxylic acids is 1. The number of carbonyl (C=O) groups is 1. The maximum Gasteiger partial charge on any atom is 0.263 e. The van der Waals surface area contributed by atoms with Gasteiger partial charge in [-0.05, 0) is 55.7 Å². The van der Waals surface area contributed by atoms with Crippen LogP contribution >= 0.6 is 0 Å². The van der Waals surface area contributed by atoms with Crippen LogP contribution in [-0.2, 0) is 11.2 Å². The molecule has 0 saturated heterocycles. The number of aryl methyl sites for hydroxylation is 1. The summed E-state index contributed by atoms with van der Waals surface area (Å²) < 4.78 is 7.58. The molecule has 6 heteroatoms. The fourth-order valence-electron chi connectivity index (χ4n) is 5.00. The molecule has 178 valence electrons. The maximum absolute atomic E-state index is 13.4. The summed E-state index contributed by atoms with van der Waals surface area (Å²) in [4.78, 5) is 30.5. The highest BCUT2D eigenvalue weighted by Crippen LogP contribution is 2.34. The summed E-state index contributed by atoms with van der Waals surface area (Å²) >= 11 is 0. The Hall–Kier alpha value is -4.45. The molecule has 1 unspecified atom stereocenters. The van der Waals surface area contributed by atoms with Crippen molar-refractivity contribution >= 4 is 44.0 Å². The second-order valence-corrected chi connectivity index (χ2v) is 9.20. The fourth-order valence-corrected chi connectivity index (χ4v) is 5.00. The first-order valence-electron chi connectivity index (χ1n) is 12.1. The molecule has 0 aliphatic heterocycles. The zero-order valence-electron chi connectivity index (χ0n) is 19.9. The van der Waals surface area contributed by atoms with E-state index in [1.54, 1.807) is 16.7 Å². The molecule has 6 aromatic rings. The van der Waals surface area contributed by atoms with Crippen molar-refractivity contribution in [3.63, 3.8) is 0 Å². The number of rotatable bonds is 7. The average Bonchev–Trinajstić information content (AvgIpc) is 3.25. The molecular formula is C30H25N3O3. The number of pyridine rings is 2. The molecule has 1 atom stereocenters. The van der Waals surface area contributed by atoms with E-state index >= 15 is 0 Å². The van der Waals surface area contributed by atoms with Gasteiger partial charge in [0.15, 0.2) is 6.61 Å². The van der Waals surface area contributed by atoms with Crippen LogP contribution in [0.4, 0.5) is 0 Å². The number of fused-ring (bicyclic) bond motifs is 5. The summed E-state index contributed by atoms with van der Waals surface area (Å²) in [6.45, 7) is 1.93. The van der Waals surface area contributed by atoms with Crippen LogP contribution in [0.3, 0.4) is 0 Å². The summed E-state index contributed by atoms with van der Waals surface area (Å²) in [6.07, 6.45) is 3.53. The van der Waals surface area contributed by atoms with Crippen molar-refractivity contribution < 1.29 is 9.53 Å². The minimum atomic E-state index is -0.159. The monoisotopic (exact) mass is 475 g/mol. The van der Waals surface area contributed by atoms with Gasteiger partial charge in [0.1, 0.15) is 5.75 Å². The van der Waals surface area contributed by atoms with Gasteiger partial charge in [-0.15, -0.1) is 0 Å². The molecule has 0 bridgehead atoms. The molecule has 0 fully saturated rings. The van der Waals surface area contributed by atoms with Crippen LogP contribution in [0.1, 0.15) is 18.9 Å². The molecular weight excluding hydrogens is 450 g/mol. The lowest BCUT2D eigenvalue weighted by Crippen LogP contribution is -2.36. The van der Waals surface area contributed by atoms with E-state index < -0.39 is 0 Å². The van der Waals surface area contributed by atoms with E-state index in [0.29, 0.717) is 11.1 Å². The van der Waals surface area contributed by atoms with Crippen molar-refractivity contribution in [1.29, 1.82) is 0 Å². The predicted molar refractivity (Wildman–Crippen MR) is 143 cm³/mol. The van der Waals surface area contributed by atoms with Gasteiger partial charge in [-0.2, -0.15) is 0 Å². The van der Waals surface area contributed by atoms with E-state index in [0.717, 1.165) is 45.6 Å². The largest absolute Gasteiger partial charge is 0.484 e. The van der Waals surface area contributed by atoms with E-state index in [-0.39, 0.29) is 24.1 Å². The second-order valence-electron chi connectivity index (χ2n) is 9.20. The van der Waals surface area contributed by atoms with Crippen LogP contribution in [0, 0.1) is 0 Å². The first kappa shape index (κ1) is 22.0. The molecule has 6 rings (SSSR count). The van der Waals surface area contributed by atoms with Gasteiger partial charge in [0, 0.05) is 33.8 Å².